The van der Waals surface area contributed by atoms with Crippen molar-refractivity contribution < 1.29 is 14.3 Å². The molecule has 0 heterocycles. The van der Waals surface area contributed by atoms with Gasteiger partial charge in [0.25, 0.3) is 5.91 Å². The minimum Gasteiger partial charge on any atom is -0.497 e. The van der Waals surface area contributed by atoms with Crippen LogP contribution in [0, 0.1) is 6.92 Å². The third-order valence-electron chi connectivity index (χ3n) is 3.11. The van der Waals surface area contributed by atoms with Crippen molar-refractivity contribution in [3.8, 4) is 11.5 Å². The monoisotopic (exact) mass is 298 g/mol. The summed E-state index contributed by atoms with van der Waals surface area (Å²) in [5.41, 5.74) is 4.96. The van der Waals surface area contributed by atoms with Crippen LogP contribution in [0.2, 0.25) is 0 Å². The third kappa shape index (κ3) is 3.85. The smallest absolute Gasteiger partial charge is 0.275 e. The first kappa shape index (κ1) is 15.6. The fourth-order valence-electron chi connectivity index (χ4n) is 1.86. The quantitative estimate of drug-likeness (QED) is 0.682. The van der Waals surface area contributed by atoms with Crippen molar-refractivity contribution in [3.05, 3.63) is 59.2 Å². The van der Waals surface area contributed by atoms with Crippen molar-refractivity contribution in [2.45, 2.75) is 6.92 Å². The van der Waals surface area contributed by atoms with Gasteiger partial charge in [-0.3, -0.25) is 4.79 Å². The zero-order valence-electron chi connectivity index (χ0n) is 12.8. The van der Waals surface area contributed by atoms with E-state index in [9.17, 15) is 4.79 Å². The number of ether oxygens (including phenoxy) is 2. The molecule has 114 valence electrons. The van der Waals surface area contributed by atoms with Gasteiger partial charge in [-0.1, -0.05) is 29.8 Å². The molecular formula is C17H18N2O3. The lowest BCUT2D eigenvalue weighted by Crippen LogP contribution is -2.18. The molecule has 0 aliphatic heterocycles. The Morgan fingerprint density at radius 1 is 1.09 bits per heavy atom. The van der Waals surface area contributed by atoms with Crippen molar-refractivity contribution in [2.24, 2.45) is 5.10 Å². The molecule has 0 atom stereocenters. The summed E-state index contributed by atoms with van der Waals surface area (Å²) in [4.78, 5) is 12.1. The Labute approximate surface area is 129 Å². The number of hydrazone groups is 1. The predicted octanol–water partition coefficient (Wildman–Crippen LogP) is 2.78. The number of hydrogen-bond donors (Lipinski definition) is 1. The van der Waals surface area contributed by atoms with E-state index in [1.54, 1.807) is 31.5 Å². The highest BCUT2D eigenvalue weighted by Crippen LogP contribution is 2.24. The summed E-state index contributed by atoms with van der Waals surface area (Å²) in [5.74, 6) is 0.710. The predicted molar refractivity (Wildman–Crippen MR) is 85.8 cm³/mol. The number of aryl methyl sites for hydroxylation is 1. The SMILES string of the molecule is COc1ccc(C(=O)NN=Cc2ccc(C)cc2)c(OC)c1. The van der Waals surface area contributed by atoms with E-state index in [1.165, 1.54) is 12.7 Å². The molecule has 2 rings (SSSR count). The summed E-state index contributed by atoms with van der Waals surface area (Å²) in [5, 5.41) is 3.95. The van der Waals surface area contributed by atoms with Gasteiger partial charge in [-0.05, 0) is 24.6 Å². The molecule has 22 heavy (non-hydrogen) atoms. The molecule has 2 aromatic rings. The van der Waals surface area contributed by atoms with Gasteiger partial charge in [0.15, 0.2) is 0 Å². The van der Waals surface area contributed by atoms with E-state index in [0.29, 0.717) is 17.1 Å². The summed E-state index contributed by atoms with van der Waals surface area (Å²) >= 11 is 0. The third-order valence-corrected chi connectivity index (χ3v) is 3.11. The van der Waals surface area contributed by atoms with Gasteiger partial charge in [0.2, 0.25) is 0 Å². The largest absolute Gasteiger partial charge is 0.497 e. The van der Waals surface area contributed by atoms with Gasteiger partial charge in [0, 0.05) is 6.07 Å². The fraction of sp³-hybridized carbons (Fsp3) is 0.176. The van der Waals surface area contributed by atoms with Gasteiger partial charge in [0.05, 0.1) is 26.0 Å². The van der Waals surface area contributed by atoms with Crippen molar-refractivity contribution in [1.29, 1.82) is 0 Å². The number of hydrogen-bond acceptors (Lipinski definition) is 4. The molecule has 0 unspecified atom stereocenters. The Morgan fingerprint density at radius 3 is 2.45 bits per heavy atom. The molecule has 5 nitrogen and oxygen atoms in total. The lowest BCUT2D eigenvalue weighted by Gasteiger charge is -2.08. The first-order valence-electron chi connectivity index (χ1n) is 6.76. The summed E-state index contributed by atoms with van der Waals surface area (Å²) in [6, 6.07) is 12.8. The Morgan fingerprint density at radius 2 is 1.82 bits per heavy atom. The van der Waals surface area contributed by atoms with Gasteiger partial charge < -0.3 is 9.47 Å². The molecule has 1 amide bonds. The van der Waals surface area contributed by atoms with Gasteiger partial charge in [-0.25, -0.2) is 5.43 Å². The van der Waals surface area contributed by atoms with Crippen molar-refractivity contribution in [1.82, 2.24) is 5.43 Å². The zero-order chi connectivity index (χ0) is 15.9. The molecule has 2 aromatic carbocycles. The molecule has 0 aliphatic carbocycles. The maximum atomic E-state index is 12.1. The van der Waals surface area contributed by atoms with Gasteiger partial charge in [0.1, 0.15) is 11.5 Å². The second-order valence-corrected chi connectivity index (χ2v) is 4.68. The maximum Gasteiger partial charge on any atom is 0.275 e. The lowest BCUT2D eigenvalue weighted by molar-refractivity contribution is 0.0952. The van der Waals surface area contributed by atoms with E-state index in [1.807, 2.05) is 31.2 Å². The molecule has 0 fully saturated rings. The number of rotatable bonds is 5. The first-order valence-corrected chi connectivity index (χ1v) is 6.76. The van der Waals surface area contributed by atoms with Crippen LogP contribution in [-0.4, -0.2) is 26.3 Å². The molecule has 0 aliphatic rings. The van der Waals surface area contributed by atoms with Crippen LogP contribution in [0.4, 0.5) is 0 Å². The number of nitrogens with one attached hydrogen (secondary N) is 1. The molecule has 0 saturated heterocycles. The second-order valence-electron chi connectivity index (χ2n) is 4.68. The summed E-state index contributed by atoms with van der Waals surface area (Å²) in [6.07, 6.45) is 1.59. The van der Waals surface area contributed by atoms with Crippen LogP contribution in [0.5, 0.6) is 11.5 Å². The highest BCUT2D eigenvalue weighted by atomic mass is 16.5. The van der Waals surface area contributed by atoms with Crippen LogP contribution < -0.4 is 14.9 Å². The number of nitrogens with zero attached hydrogens (tertiary/aromatic N) is 1. The molecule has 0 spiro atoms. The Hall–Kier alpha value is -2.82. The van der Waals surface area contributed by atoms with Crippen LogP contribution in [0.25, 0.3) is 0 Å². The van der Waals surface area contributed by atoms with Crippen LogP contribution >= 0.6 is 0 Å². The van der Waals surface area contributed by atoms with Gasteiger partial charge in [-0.2, -0.15) is 5.10 Å². The maximum absolute atomic E-state index is 12.1. The zero-order valence-corrected chi connectivity index (χ0v) is 12.8. The standard InChI is InChI=1S/C17H18N2O3/c1-12-4-6-13(7-5-12)11-18-19-17(20)15-9-8-14(21-2)10-16(15)22-3/h4-11H,1-3H3,(H,19,20). The van der Waals surface area contributed by atoms with E-state index >= 15 is 0 Å². The summed E-state index contributed by atoms with van der Waals surface area (Å²) in [6.45, 7) is 2.01. The van der Waals surface area contributed by atoms with Gasteiger partial charge in [-0.15, -0.1) is 0 Å². The molecule has 0 bridgehead atoms. The number of amides is 1. The van der Waals surface area contributed by atoms with E-state index in [0.717, 1.165) is 5.56 Å². The molecule has 5 heteroatoms. The average molecular weight is 298 g/mol. The van der Waals surface area contributed by atoms with Crippen LogP contribution in [0.1, 0.15) is 21.5 Å². The van der Waals surface area contributed by atoms with Crippen molar-refractivity contribution in [2.75, 3.05) is 14.2 Å². The number of methoxy groups -OCH3 is 2. The molecule has 1 N–H and O–H groups in total. The average Bonchev–Trinajstić information content (AvgIpc) is 2.55. The van der Waals surface area contributed by atoms with E-state index in [4.69, 9.17) is 9.47 Å². The molecule has 0 aromatic heterocycles. The minimum absolute atomic E-state index is 0.345. The normalized spacial score (nSPS) is 10.5. The molecule has 0 radical (unpaired) electrons. The van der Waals surface area contributed by atoms with E-state index in [2.05, 4.69) is 10.5 Å². The Kier molecular flexibility index (Phi) is 5.14. The summed E-state index contributed by atoms with van der Waals surface area (Å²) < 4.78 is 10.3. The highest BCUT2D eigenvalue weighted by molar-refractivity contribution is 5.97. The summed E-state index contributed by atoms with van der Waals surface area (Å²) in [7, 11) is 3.06. The second kappa shape index (κ2) is 7.26. The van der Waals surface area contributed by atoms with E-state index < -0.39 is 0 Å². The van der Waals surface area contributed by atoms with E-state index in [-0.39, 0.29) is 5.91 Å². The van der Waals surface area contributed by atoms with Crippen molar-refractivity contribution in [3.63, 3.8) is 0 Å². The Balaban J connectivity index is 2.07. The number of carbonyl (C=O) groups is 1. The van der Waals surface area contributed by atoms with Crippen LogP contribution in [0.15, 0.2) is 47.6 Å². The highest BCUT2D eigenvalue weighted by Gasteiger charge is 2.12. The van der Waals surface area contributed by atoms with Crippen molar-refractivity contribution >= 4 is 12.1 Å². The van der Waals surface area contributed by atoms with Gasteiger partial charge >= 0.3 is 0 Å². The lowest BCUT2D eigenvalue weighted by atomic mass is 10.2. The number of benzene rings is 2. The first-order chi connectivity index (χ1) is 10.6. The molecule has 0 saturated carbocycles. The Bertz CT molecular complexity index is 679. The van der Waals surface area contributed by atoms with Crippen LogP contribution in [0.3, 0.4) is 0 Å². The fourth-order valence-corrected chi connectivity index (χ4v) is 1.86. The topological polar surface area (TPSA) is 59.9 Å². The van der Waals surface area contributed by atoms with Crippen LogP contribution in [-0.2, 0) is 0 Å². The molecular weight excluding hydrogens is 280 g/mol. The minimum atomic E-state index is -0.345. The number of carbonyl (C=O) groups excluding carboxylic acids is 1.